The number of hydrogen-bond acceptors (Lipinski definition) is 0. The number of rotatable bonds is 10. The van der Waals surface area contributed by atoms with E-state index in [1.54, 1.807) is 0 Å². The second-order valence-electron chi connectivity index (χ2n) is 10.6. The standard InChI is InChI=1S/4C9H12.2C4H9.CH4.10CH3.6La/c4*1-2-6-9-7-4-3-5-8-9;2*1-3-4-2;;;;;;;;;;;;;;;;;/h4*3-5,7-8H,2,6H2,1H3;2*1,3-4H2,2H3;1H4;10*1H3;;;;;;/q;;;;2*-1;;10*-1;;;;;;. The number of benzene rings is 4. The van der Waals surface area contributed by atoms with Crippen molar-refractivity contribution in [2.24, 2.45) is 0 Å². The van der Waals surface area contributed by atoms with Crippen molar-refractivity contribution in [2.75, 3.05) is 0 Å². The maximum absolute atomic E-state index is 3.60. The molecule has 0 bridgehead atoms. The molecule has 4 aromatic rings. The minimum absolute atomic E-state index is 0. The summed E-state index contributed by atoms with van der Waals surface area (Å²) in [6, 6.07) is 42.3. The van der Waals surface area contributed by atoms with Crippen LogP contribution in [-0.2, 0) is 25.7 Å². The Morgan fingerprint density at radius 3 is 0.459 bits per heavy atom. The summed E-state index contributed by atoms with van der Waals surface area (Å²) in [5.74, 6) is 0. The first kappa shape index (κ1) is 126. The van der Waals surface area contributed by atoms with E-state index in [2.05, 4.69) is 177 Å². The van der Waals surface area contributed by atoms with Crippen molar-refractivity contribution in [1.82, 2.24) is 0 Å². The molecule has 0 saturated carbocycles. The molecule has 4 rings (SSSR count). The van der Waals surface area contributed by atoms with Gasteiger partial charge < -0.3 is 88.1 Å². The van der Waals surface area contributed by atoms with Crippen molar-refractivity contribution in [3.05, 3.63) is 232 Å². The maximum Gasteiger partial charge on any atom is 0 e. The number of aryl methyl sites for hydroxylation is 4. The van der Waals surface area contributed by atoms with Crippen LogP contribution in [-0.4, -0.2) is 0 Å². The van der Waals surface area contributed by atoms with E-state index in [0.29, 0.717) is 0 Å². The summed E-state index contributed by atoms with van der Waals surface area (Å²) in [5.41, 5.74) is 5.78. The monoisotopic (exact) mass is 1590 g/mol. The third-order valence-electron chi connectivity index (χ3n) is 6.23. The summed E-state index contributed by atoms with van der Waals surface area (Å²) in [7, 11) is 0. The summed E-state index contributed by atoms with van der Waals surface area (Å²) in [6.45, 7) is 20.2. The summed E-state index contributed by atoms with van der Waals surface area (Å²) in [5, 5.41) is 0. The fourth-order valence-corrected chi connectivity index (χ4v) is 3.73. The van der Waals surface area contributed by atoms with Crippen LogP contribution < -0.4 is 0 Å². The Labute approximate surface area is 561 Å². The Kier molecular flexibility index (Phi) is 228. The third-order valence-corrected chi connectivity index (χ3v) is 6.23. The zero-order valence-corrected chi connectivity index (χ0v) is 64.7. The molecular formula is C55H100La6-12. The van der Waals surface area contributed by atoms with E-state index in [1.165, 1.54) is 86.5 Å². The fourth-order valence-electron chi connectivity index (χ4n) is 3.73. The van der Waals surface area contributed by atoms with Crippen molar-refractivity contribution >= 4 is 0 Å². The second kappa shape index (κ2) is 110. The molecular weight excluding hydrogens is 1490 g/mol. The molecule has 0 spiro atoms. The first-order valence-corrected chi connectivity index (χ1v) is 17.3. The van der Waals surface area contributed by atoms with Crippen LogP contribution in [0.3, 0.4) is 0 Å². The fraction of sp³-hybridized carbons (Fsp3) is 0.345. The SMILES string of the molecule is C.CCCc1ccccc1.CCCc1ccccc1.CCCc1ccccc1.CCCc1ccccc1.[CH2-]CCC.[CH2-]CCC.[CH3-].[CH3-].[CH3-].[CH3-].[CH3-].[CH3-].[CH3-].[CH3-].[CH3-].[CH3-].[La].[La].[La].[La].[La].[La]. The van der Waals surface area contributed by atoms with E-state index < -0.39 is 0 Å². The van der Waals surface area contributed by atoms with E-state index >= 15 is 0 Å². The van der Waals surface area contributed by atoms with Crippen molar-refractivity contribution in [1.29, 1.82) is 0 Å². The van der Waals surface area contributed by atoms with Crippen LogP contribution in [0.15, 0.2) is 121 Å². The third kappa shape index (κ3) is 98.4. The average Bonchev–Trinajstić information content (AvgIpc) is 3.08. The van der Waals surface area contributed by atoms with Gasteiger partial charge in [-0.05, 0) is 47.9 Å². The van der Waals surface area contributed by atoms with Crippen LogP contribution in [0.25, 0.3) is 0 Å². The van der Waals surface area contributed by atoms with Crippen LogP contribution in [0.5, 0.6) is 0 Å². The molecule has 6 heteroatoms. The normalized spacial score (nSPS) is 6.56. The zero-order valence-electron chi connectivity index (χ0n) is 42.9. The molecule has 0 aliphatic heterocycles. The van der Waals surface area contributed by atoms with E-state index in [4.69, 9.17) is 0 Å². The van der Waals surface area contributed by atoms with Gasteiger partial charge in [-0.25, -0.2) is 0 Å². The van der Waals surface area contributed by atoms with Gasteiger partial charge in [-0.1, -0.05) is 209 Å². The minimum Gasteiger partial charge on any atom is -0.358 e. The van der Waals surface area contributed by atoms with Crippen LogP contribution in [0.1, 0.15) is 123 Å². The molecule has 0 aliphatic rings. The predicted molar refractivity (Wildman–Crippen MR) is 273 cm³/mol. The first-order chi connectivity index (χ1) is 21.6. The number of hydrogen-bond donors (Lipinski definition) is 0. The average molecular weight is 1590 g/mol. The smallest absolute Gasteiger partial charge is 0 e. The molecule has 0 aliphatic carbocycles. The minimum atomic E-state index is 0. The summed E-state index contributed by atoms with van der Waals surface area (Å²) in [4.78, 5) is 0. The molecule has 0 aromatic heterocycles. The van der Waals surface area contributed by atoms with Gasteiger partial charge in [-0.2, -0.15) is 12.8 Å². The van der Waals surface area contributed by atoms with Crippen LogP contribution in [0.2, 0.25) is 0 Å². The second-order valence-corrected chi connectivity index (χ2v) is 10.6. The molecule has 350 valence electrons. The Balaban J connectivity index is -0.0000000197. The molecule has 61 heavy (non-hydrogen) atoms. The van der Waals surface area contributed by atoms with Gasteiger partial charge >= 0.3 is 0 Å². The molecule has 0 nitrogen and oxygen atoms in total. The van der Waals surface area contributed by atoms with Gasteiger partial charge in [0.15, 0.2) is 0 Å². The molecule has 0 N–H and O–H groups in total. The Bertz CT molecular complexity index is 861. The molecule has 0 saturated heterocycles. The molecule has 0 fully saturated rings. The van der Waals surface area contributed by atoms with E-state index in [0.717, 1.165) is 12.8 Å². The van der Waals surface area contributed by atoms with Gasteiger partial charge in [-0.3, -0.25) is 0 Å². The van der Waals surface area contributed by atoms with Crippen molar-refractivity contribution in [3.63, 3.8) is 0 Å². The van der Waals surface area contributed by atoms with Crippen molar-refractivity contribution < 1.29 is 214 Å². The van der Waals surface area contributed by atoms with E-state index in [9.17, 15) is 0 Å². The Morgan fingerprint density at radius 1 is 0.262 bits per heavy atom. The Morgan fingerprint density at radius 2 is 0.377 bits per heavy atom. The van der Waals surface area contributed by atoms with Crippen LogP contribution >= 0.6 is 0 Å². The zero-order chi connectivity index (χ0) is 32.9. The first-order valence-electron chi connectivity index (χ1n) is 17.3. The largest absolute Gasteiger partial charge is 0.358 e. The van der Waals surface area contributed by atoms with E-state index in [-0.39, 0.29) is 295 Å². The van der Waals surface area contributed by atoms with Crippen molar-refractivity contribution in [2.45, 2.75) is 126 Å². The molecule has 0 heterocycles. The van der Waals surface area contributed by atoms with Crippen molar-refractivity contribution in [3.8, 4) is 0 Å². The molecule has 0 amide bonds. The maximum atomic E-state index is 3.60. The van der Waals surface area contributed by atoms with Gasteiger partial charge in [0, 0.05) is 214 Å². The summed E-state index contributed by atoms with van der Waals surface area (Å²) in [6.07, 6.45) is 14.4. The topological polar surface area (TPSA) is 0 Å². The van der Waals surface area contributed by atoms with Gasteiger partial charge in [0.1, 0.15) is 0 Å². The van der Waals surface area contributed by atoms with Gasteiger partial charge in [0.25, 0.3) is 0 Å². The predicted octanol–water partition coefficient (Wildman–Crippen LogP) is 18.9. The quantitative estimate of drug-likeness (QED) is 0.139. The molecule has 0 unspecified atom stereocenters. The summed E-state index contributed by atoms with van der Waals surface area (Å²) >= 11 is 0. The molecule has 6 radical (unpaired) electrons. The van der Waals surface area contributed by atoms with Crippen LogP contribution in [0, 0.1) is 302 Å². The van der Waals surface area contributed by atoms with E-state index in [1.807, 2.05) is 0 Å². The summed E-state index contributed by atoms with van der Waals surface area (Å²) < 4.78 is 0. The molecule has 0 atom stereocenters. The molecule has 4 aromatic carbocycles. The Hall–Kier alpha value is 4.05. The number of unbranched alkanes of at least 4 members (excludes halogenated alkanes) is 2. The van der Waals surface area contributed by atoms with Gasteiger partial charge in [0.05, 0.1) is 0 Å². The van der Waals surface area contributed by atoms with Gasteiger partial charge in [0.2, 0.25) is 0 Å². The van der Waals surface area contributed by atoms with Gasteiger partial charge in [-0.15, -0.1) is 0 Å². The van der Waals surface area contributed by atoms with Crippen LogP contribution in [0.4, 0.5) is 0 Å².